The lowest BCUT2D eigenvalue weighted by Gasteiger charge is -2.11. The molecule has 0 amide bonds. The molecule has 0 radical (unpaired) electrons. The first-order valence-corrected chi connectivity index (χ1v) is 8.74. The lowest BCUT2D eigenvalue weighted by atomic mass is 10.2. The van der Waals surface area contributed by atoms with Gasteiger partial charge in [0.15, 0.2) is 0 Å². The number of hydrogen-bond donors (Lipinski definition) is 1. The molecule has 1 heterocycles. The summed E-state index contributed by atoms with van der Waals surface area (Å²) in [6.45, 7) is 3.66. The van der Waals surface area contributed by atoms with Crippen molar-refractivity contribution in [1.29, 1.82) is 5.26 Å². The summed E-state index contributed by atoms with van der Waals surface area (Å²) < 4.78 is 15.3. The molecule has 1 saturated heterocycles. The Labute approximate surface area is 139 Å². The minimum absolute atomic E-state index is 0.120. The zero-order chi connectivity index (χ0) is 16.2. The fraction of sp³-hybridized carbons (Fsp3) is 0.278. The van der Waals surface area contributed by atoms with Gasteiger partial charge in [-0.25, -0.2) is 8.93 Å². The van der Waals surface area contributed by atoms with E-state index in [2.05, 4.69) is 27.8 Å². The fourth-order valence-corrected chi connectivity index (χ4v) is 3.51. The zero-order valence-electron chi connectivity index (χ0n) is 13.0. The third kappa shape index (κ3) is 4.05. The Balaban J connectivity index is 1.58. The molecule has 1 aliphatic heterocycles. The summed E-state index contributed by atoms with van der Waals surface area (Å²) >= 11 is 0. The van der Waals surface area contributed by atoms with E-state index in [1.165, 1.54) is 5.56 Å². The Morgan fingerprint density at radius 2 is 1.96 bits per heavy atom. The SMILES string of the molecule is Cc1ccc([S@](=O)N[C@@H](C#N)[C@@H]2CN2Cc2ccccc2)cc1. The molecule has 0 saturated carbocycles. The van der Waals surface area contributed by atoms with E-state index in [-0.39, 0.29) is 6.04 Å². The quantitative estimate of drug-likeness (QED) is 0.830. The normalized spacial score (nSPS) is 22.1. The van der Waals surface area contributed by atoms with Crippen molar-refractivity contribution < 1.29 is 4.21 Å². The lowest BCUT2D eigenvalue weighted by molar-refractivity contribution is 0.476. The summed E-state index contributed by atoms with van der Waals surface area (Å²) in [6, 6.07) is 19.6. The Hall–Kier alpha value is -2.00. The Bertz CT molecular complexity index is 724. The van der Waals surface area contributed by atoms with E-state index in [9.17, 15) is 9.47 Å². The summed E-state index contributed by atoms with van der Waals surface area (Å²) in [6.07, 6.45) is 0. The minimum Gasteiger partial charge on any atom is -0.291 e. The highest BCUT2D eigenvalue weighted by Gasteiger charge is 2.41. The molecule has 118 valence electrons. The van der Waals surface area contributed by atoms with Gasteiger partial charge in [-0.3, -0.25) is 4.90 Å². The number of benzene rings is 2. The van der Waals surface area contributed by atoms with Crippen molar-refractivity contribution in [3.05, 3.63) is 65.7 Å². The van der Waals surface area contributed by atoms with Crippen molar-refractivity contribution in [1.82, 2.24) is 9.62 Å². The standard InChI is InChI=1S/C18H19N3OS/c1-14-7-9-16(10-8-14)23(22)20-17(11-19)18-13-21(18)12-15-5-3-2-4-6-15/h2-10,17-18,20H,12-13H2,1H3/t17-,18-,21?,23-/m0/s1. The van der Waals surface area contributed by atoms with Gasteiger partial charge in [0.05, 0.1) is 17.0 Å². The maximum atomic E-state index is 12.4. The molecule has 2 aromatic rings. The van der Waals surface area contributed by atoms with Gasteiger partial charge < -0.3 is 0 Å². The number of aryl methyl sites for hydroxylation is 1. The van der Waals surface area contributed by atoms with E-state index in [1.54, 1.807) is 0 Å². The molecular formula is C18H19N3OS. The van der Waals surface area contributed by atoms with Crippen molar-refractivity contribution in [3.8, 4) is 6.07 Å². The van der Waals surface area contributed by atoms with E-state index in [0.29, 0.717) is 4.90 Å². The van der Waals surface area contributed by atoms with Crippen LogP contribution in [0.2, 0.25) is 0 Å². The van der Waals surface area contributed by atoms with Gasteiger partial charge in [0.2, 0.25) is 0 Å². The van der Waals surface area contributed by atoms with Gasteiger partial charge in [-0.2, -0.15) is 5.26 Å². The van der Waals surface area contributed by atoms with Crippen LogP contribution in [0.15, 0.2) is 59.5 Å². The van der Waals surface area contributed by atoms with Crippen LogP contribution in [0.5, 0.6) is 0 Å². The molecule has 0 aromatic heterocycles. The number of nitrogens with one attached hydrogen (secondary N) is 1. The van der Waals surface area contributed by atoms with Crippen molar-refractivity contribution in [2.24, 2.45) is 0 Å². The van der Waals surface area contributed by atoms with Crippen LogP contribution < -0.4 is 4.72 Å². The first-order valence-electron chi connectivity index (χ1n) is 7.59. The van der Waals surface area contributed by atoms with Crippen LogP contribution in [0.4, 0.5) is 0 Å². The smallest absolute Gasteiger partial charge is 0.126 e. The highest BCUT2D eigenvalue weighted by molar-refractivity contribution is 7.83. The van der Waals surface area contributed by atoms with E-state index in [4.69, 9.17) is 0 Å². The molecule has 5 heteroatoms. The molecule has 23 heavy (non-hydrogen) atoms. The second-order valence-electron chi connectivity index (χ2n) is 5.79. The molecule has 1 fully saturated rings. The Morgan fingerprint density at radius 3 is 2.61 bits per heavy atom. The lowest BCUT2D eigenvalue weighted by Crippen LogP contribution is -2.35. The highest BCUT2D eigenvalue weighted by Crippen LogP contribution is 2.24. The van der Waals surface area contributed by atoms with Gasteiger partial charge in [0.25, 0.3) is 0 Å². The second-order valence-corrected chi connectivity index (χ2v) is 7.03. The highest BCUT2D eigenvalue weighted by atomic mass is 32.2. The molecular weight excluding hydrogens is 306 g/mol. The zero-order valence-corrected chi connectivity index (χ0v) is 13.8. The minimum atomic E-state index is -1.36. The maximum absolute atomic E-state index is 12.4. The summed E-state index contributed by atoms with van der Waals surface area (Å²) in [5.41, 5.74) is 2.35. The van der Waals surface area contributed by atoms with E-state index < -0.39 is 17.0 Å². The number of nitrogens with zero attached hydrogens (tertiary/aromatic N) is 2. The Morgan fingerprint density at radius 1 is 1.26 bits per heavy atom. The van der Waals surface area contributed by atoms with Gasteiger partial charge in [-0.1, -0.05) is 48.0 Å². The Kier molecular flexibility index (Phi) is 4.87. The van der Waals surface area contributed by atoms with Crippen LogP contribution >= 0.6 is 0 Å². The molecule has 4 atom stereocenters. The van der Waals surface area contributed by atoms with Crippen LogP contribution in [0, 0.1) is 18.3 Å². The molecule has 0 spiro atoms. The van der Waals surface area contributed by atoms with E-state index in [1.807, 2.05) is 49.4 Å². The molecule has 2 aromatic carbocycles. The summed E-state index contributed by atoms with van der Waals surface area (Å²) in [7, 11) is -1.36. The van der Waals surface area contributed by atoms with E-state index >= 15 is 0 Å². The van der Waals surface area contributed by atoms with Crippen molar-refractivity contribution >= 4 is 11.0 Å². The average Bonchev–Trinajstić information content (AvgIpc) is 3.33. The van der Waals surface area contributed by atoms with Crippen molar-refractivity contribution in [3.63, 3.8) is 0 Å². The topological polar surface area (TPSA) is 55.9 Å². The summed E-state index contributed by atoms with van der Waals surface area (Å²) in [4.78, 5) is 2.91. The van der Waals surface area contributed by atoms with Gasteiger partial charge >= 0.3 is 0 Å². The fourth-order valence-electron chi connectivity index (χ4n) is 2.55. The largest absolute Gasteiger partial charge is 0.291 e. The molecule has 0 aliphatic carbocycles. The number of rotatable bonds is 6. The van der Waals surface area contributed by atoms with Gasteiger partial charge in [-0.15, -0.1) is 0 Å². The third-order valence-corrected chi connectivity index (χ3v) is 5.15. The molecule has 1 N–H and O–H groups in total. The number of nitriles is 1. The predicted molar refractivity (Wildman–Crippen MR) is 90.8 cm³/mol. The van der Waals surface area contributed by atoms with Gasteiger partial charge in [0.1, 0.15) is 17.0 Å². The first-order chi connectivity index (χ1) is 11.2. The monoisotopic (exact) mass is 325 g/mol. The van der Waals surface area contributed by atoms with Crippen molar-refractivity contribution in [2.45, 2.75) is 30.4 Å². The predicted octanol–water partition coefficient (Wildman–Crippen LogP) is 2.38. The maximum Gasteiger partial charge on any atom is 0.126 e. The third-order valence-electron chi connectivity index (χ3n) is 3.98. The molecule has 1 unspecified atom stereocenters. The molecule has 0 bridgehead atoms. The van der Waals surface area contributed by atoms with Crippen LogP contribution in [0.25, 0.3) is 0 Å². The number of hydrogen-bond acceptors (Lipinski definition) is 3. The summed E-state index contributed by atoms with van der Waals surface area (Å²) in [5, 5.41) is 9.39. The first kappa shape index (κ1) is 15.9. The second kappa shape index (κ2) is 7.05. The molecule has 1 aliphatic rings. The van der Waals surface area contributed by atoms with Crippen LogP contribution in [-0.4, -0.2) is 27.7 Å². The van der Waals surface area contributed by atoms with Gasteiger partial charge in [-0.05, 0) is 24.6 Å². The van der Waals surface area contributed by atoms with Crippen LogP contribution in [0.3, 0.4) is 0 Å². The van der Waals surface area contributed by atoms with Crippen molar-refractivity contribution in [2.75, 3.05) is 6.54 Å². The average molecular weight is 325 g/mol. The van der Waals surface area contributed by atoms with Crippen LogP contribution in [-0.2, 0) is 17.5 Å². The molecule has 3 rings (SSSR count). The van der Waals surface area contributed by atoms with Gasteiger partial charge in [0, 0.05) is 13.1 Å². The summed E-state index contributed by atoms with van der Waals surface area (Å²) in [5.74, 6) is 0. The molecule has 4 nitrogen and oxygen atoms in total. The van der Waals surface area contributed by atoms with Crippen LogP contribution in [0.1, 0.15) is 11.1 Å². The van der Waals surface area contributed by atoms with E-state index in [0.717, 1.165) is 18.7 Å².